The molecule has 0 spiro atoms. The van der Waals surface area contributed by atoms with Crippen LogP contribution < -0.4 is 5.32 Å². The maximum absolute atomic E-state index is 12.8. The van der Waals surface area contributed by atoms with Crippen molar-refractivity contribution in [1.82, 2.24) is 4.98 Å². The second kappa shape index (κ2) is 6.73. The number of pyridine rings is 1. The summed E-state index contributed by atoms with van der Waals surface area (Å²) in [4.78, 5) is 16.8. The van der Waals surface area contributed by atoms with E-state index in [2.05, 4.69) is 10.3 Å². The average molecular weight is 346 g/mol. The molecule has 128 valence electrons. The van der Waals surface area contributed by atoms with E-state index in [1.807, 2.05) is 19.9 Å². The second-order valence-electron chi connectivity index (χ2n) is 6.18. The normalized spacial score (nSPS) is 12.0. The quantitative estimate of drug-likeness (QED) is 0.902. The van der Waals surface area contributed by atoms with Crippen LogP contribution in [0, 0.1) is 6.92 Å². The van der Waals surface area contributed by atoms with Gasteiger partial charge in [0.2, 0.25) is 5.91 Å². The number of hydrogen-bond acceptors (Lipinski definition) is 4. The van der Waals surface area contributed by atoms with Crippen molar-refractivity contribution in [2.24, 2.45) is 0 Å². The summed E-state index contributed by atoms with van der Waals surface area (Å²) in [5.74, 6) is -0.254. The van der Waals surface area contributed by atoms with Crippen molar-refractivity contribution in [2.45, 2.75) is 43.8 Å². The molecule has 0 unspecified atom stereocenters. The molecule has 5 nitrogen and oxygen atoms in total. The molecule has 0 aliphatic heterocycles. The number of rotatable bonds is 5. The molecule has 2 rings (SSSR count). The van der Waals surface area contributed by atoms with Crippen molar-refractivity contribution >= 4 is 21.6 Å². The van der Waals surface area contributed by atoms with Gasteiger partial charge < -0.3 is 5.32 Å². The monoisotopic (exact) mass is 346 g/mol. The van der Waals surface area contributed by atoms with Crippen LogP contribution in [0.4, 0.5) is 5.82 Å². The predicted molar refractivity (Wildman–Crippen MR) is 94.7 cm³/mol. The number of aromatic nitrogens is 1. The summed E-state index contributed by atoms with van der Waals surface area (Å²) in [6, 6.07) is 10.1. The minimum Gasteiger partial charge on any atom is -0.309 e. The molecule has 1 heterocycles. The maximum atomic E-state index is 12.8. The number of benzene rings is 1. The molecule has 1 amide bonds. The van der Waals surface area contributed by atoms with Crippen molar-refractivity contribution in [3.8, 4) is 0 Å². The highest BCUT2D eigenvalue weighted by Crippen LogP contribution is 2.27. The van der Waals surface area contributed by atoms with Crippen LogP contribution in [0.1, 0.15) is 31.9 Å². The zero-order valence-electron chi connectivity index (χ0n) is 14.3. The molecular formula is C18H22N2O3S. The number of carbonyl (C=O) groups excluding carboxylic acids is 1. The Morgan fingerprint density at radius 1 is 1.17 bits per heavy atom. The summed E-state index contributed by atoms with van der Waals surface area (Å²) in [5.41, 5.74) is 1.97. The van der Waals surface area contributed by atoms with Crippen LogP contribution in [-0.4, -0.2) is 24.1 Å². The molecule has 0 aliphatic rings. The Morgan fingerprint density at radius 3 is 2.38 bits per heavy atom. The third kappa shape index (κ3) is 3.48. The Morgan fingerprint density at radius 2 is 1.79 bits per heavy atom. The predicted octanol–water partition coefficient (Wildman–Crippen LogP) is 3.14. The van der Waals surface area contributed by atoms with Crippen molar-refractivity contribution in [2.75, 3.05) is 5.32 Å². The van der Waals surface area contributed by atoms with Crippen LogP contribution in [0.5, 0.6) is 0 Å². The highest BCUT2D eigenvalue weighted by atomic mass is 32.2. The van der Waals surface area contributed by atoms with Gasteiger partial charge in [-0.05, 0) is 57.0 Å². The molecule has 1 aromatic heterocycles. The first-order valence-electron chi connectivity index (χ1n) is 7.76. The molecule has 24 heavy (non-hydrogen) atoms. The number of amides is 1. The lowest BCUT2D eigenvalue weighted by Gasteiger charge is -2.23. The highest BCUT2D eigenvalue weighted by Gasteiger charge is 2.43. The van der Waals surface area contributed by atoms with Crippen LogP contribution in [0.15, 0.2) is 47.5 Å². The van der Waals surface area contributed by atoms with Crippen molar-refractivity contribution in [3.63, 3.8) is 0 Å². The van der Waals surface area contributed by atoms with Gasteiger partial charge in [-0.2, -0.15) is 0 Å². The molecule has 0 fully saturated rings. The molecule has 0 bridgehead atoms. The van der Waals surface area contributed by atoms with E-state index in [0.29, 0.717) is 5.82 Å². The van der Waals surface area contributed by atoms with E-state index in [4.69, 9.17) is 0 Å². The van der Waals surface area contributed by atoms with Gasteiger partial charge in [0, 0.05) is 6.20 Å². The number of aryl methyl sites for hydroxylation is 2. The SMILES string of the molecule is CCc1ccnc(NC(=O)C(C)(C)S(=O)(=O)c2ccc(C)cc2)c1. The van der Waals surface area contributed by atoms with E-state index in [1.165, 1.54) is 26.0 Å². The Kier molecular flexibility index (Phi) is 5.08. The lowest BCUT2D eigenvalue weighted by atomic mass is 10.2. The molecule has 0 atom stereocenters. The number of hydrogen-bond donors (Lipinski definition) is 1. The zero-order valence-corrected chi connectivity index (χ0v) is 15.1. The lowest BCUT2D eigenvalue weighted by molar-refractivity contribution is -0.117. The molecule has 6 heteroatoms. The van der Waals surface area contributed by atoms with Gasteiger partial charge in [0.1, 0.15) is 10.6 Å². The highest BCUT2D eigenvalue weighted by molar-refractivity contribution is 7.93. The first-order chi connectivity index (χ1) is 11.2. The second-order valence-corrected chi connectivity index (χ2v) is 8.68. The molecule has 0 saturated carbocycles. The Hall–Kier alpha value is -2.21. The van der Waals surface area contributed by atoms with Crippen molar-refractivity contribution < 1.29 is 13.2 Å². The van der Waals surface area contributed by atoms with Gasteiger partial charge in [-0.1, -0.05) is 24.6 Å². The fourth-order valence-electron chi connectivity index (χ4n) is 2.16. The molecule has 0 saturated heterocycles. The van der Waals surface area contributed by atoms with Crippen molar-refractivity contribution in [3.05, 3.63) is 53.7 Å². The van der Waals surface area contributed by atoms with E-state index in [0.717, 1.165) is 17.5 Å². The van der Waals surface area contributed by atoms with Gasteiger partial charge in [0.15, 0.2) is 9.84 Å². The standard InChI is InChI=1S/C18H22N2O3S/c1-5-14-10-11-19-16(12-14)20-17(21)18(3,4)24(22,23)15-8-6-13(2)7-9-15/h6-12H,5H2,1-4H3,(H,19,20,21). The van der Waals surface area contributed by atoms with E-state index in [1.54, 1.807) is 24.4 Å². The zero-order chi connectivity index (χ0) is 18.0. The molecule has 0 radical (unpaired) electrons. The average Bonchev–Trinajstić information content (AvgIpc) is 2.55. The first kappa shape index (κ1) is 18.1. The Labute approximate surface area is 143 Å². The minimum absolute atomic E-state index is 0.128. The van der Waals surface area contributed by atoms with Crippen LogP contribution in [-0.2, 0) is 21.1 Å². The molecule has 1 aromatic carbocycles. The summed E-state index contributed by atoms with van der Waals surface area (Å²) in [6.45, 7) is 6.68. The molecule has 0 aliphatic carbocycles. The summed E-state index contributed by atoms with van der Waals surface area (Å²) in [5, 5.41) is 2.61. The van der Waals surface area contributed by atoms with Gasteiger partial charge in [-0.3, -0.25) is 4.79 Å². The fourth-order valence-corrected chi connectivity index (χ4v) is 3.54. The lowest BCUT2D eigenvalue weighted by Crippen LogP contribution is -2.44. The van der Waals surface area contributed by atoms with Crippen molar-refractivity contribution in [1.29, 1.82) is 0 Å². The van der Waals surface area contributed by atoms with Gasteiger partial charge in [-0.15, -0.1) is 0 Å². The summed E-state index contributed by atoms with van der Waals surface area (Å²) < 4.78 is 24.1. The largest absolute Gasteiger partial charge is 0.309 e. The summed E-state index contributed by atoms with van der Waals surface area (Å²) >= 11 is 0. The van der Waals surface area contributed by atoms with Crippen LogP contribution >= 0.6 is 0 Å². The van der Waals surface area contributed by atoms with E-state index in [9.17, 15) is 13.2 Å². The fraction of sp³-hybridized carbons (Fsp3) is 0.333. The number of carbonyl (C=O) groups is 1. The van der Waals surface area contributed by atoms with Gasteiger partial charge in [-0.25, -0.2) is 13.4 Å². The number of sulfone groups is 1. The smallest absolute Gasteiger partial charge is 0.246 e. The van der Waals surface area contributed by atoms with Gasteiger partial charge in [0.25, 0.3) is 0 Å². The van der Waals surface area contributed by atoms with Gasteiger partial charge in [0.05, 0.1) is 4.90 Å². The third-order valence-corrected chi connectivity index (χ3v) is 6.45. The summed E-state index contributed by atoms with van der Waals surface area (Å²) in [6.07, 6.45) is 2.40. The minimum atomic E-state index is -3.83. The van der Waals surface area contributed by atoms with E-state index >= 15 is 0 Å². The molecule has 2 aromatic rings. The molecular weight excluding hydrogens is 324 g/mol. The van der Waals surface area contributed by atoms with Crippen LogP contribution in [0.25, 0.3) is 0 Å². The van der Waals surface area contributed by atoms with E-state index in [-0.39, 0.29) is 4.90 Å². The van der Waals surface area contributed by atoms with E-state index < -0.39 is 20.5 Å². The maximum Gasteiger partial charge on any atom is 0.246 e. The third-order valence-electron chi connectivity index (χ3n) is 4.02. The molecule has 1 N–H and O–H groups in total. The first-order valence-corrected chi connectivity index (χ1v) is 9.24. The van der Waals surface area contributed by atoms with Gasteiger partial charge >= 0.3 is 0 Å². The topological polar surface area (TPSA) is 76.1 Å². The number of anilines is 1. The Bertz CT molecular complexity index is 841. The summed E-state index contributed by atoms with van der Waals surface area (Å²) in [7, 11) is -3.83. The number of nitrogens with one attached hydrogen (secondary N) is 1. The Balaban J connectivity index is 2.30. The number of nitrogens with zero attached hydrogens (tertiary/aromatic N) is 1. The van der Waals surface area contributed by atoms with Crippen LogP contribution in [0.3, 0.4) is 0 Å². The van der Waals surface area contributed by atoms with Crippen LogP contribution in [0.2, 0.25) is 0 Å².